The molecule has 8 heteroatoms. The minimum atomic E-state index is -0.589. The molecule has 0 saturated heterocycles. The van der Waals surface area contributed by atoms with E-state index >= 15 is 0 Å². The first kappa shape index (κ1) is 23.7. The Labute approximate surface area is 212 Å². The predicted molar refractivity (Wildman–Crippen MR) is 143 cm³/mol. The number of nitrogens with one attached hydrogen (secondary N) is 1. The zero-order valence-electron chi connectivity index (χ0n) is 20.6. The number of allylic oxidation sites excluding steroid dienone is 1. The molecule has 2 aromatic heterocycles. The predicted octanol–water partition coefficient (Wildman–Crippen LogP) is 3.71. The third-order valence-electron chi connectivity index (χ3n) is 6.43. The zero-order chi connectivity index (χ0) is 25.4. The number of aryl methyl sites for hydroxylation is 2. The van der Waals surface area contributed by atoms with Crippen LogP contribution in [-0.4, -0.2) is 20.3 Å². The molecule has 0 radical (unpaired) electrons. The van der Waals surface area contributed by atoms with Crippen molar-refractivity contribution in [1.82, 2.24) is 14.3 Å². The van der Waals surface area contributed by atoms with Crippen molar-refractivity contribution < 1.29 is 4.79 Å². The molecule has 1 N–H and O–H groups in total. The van der Waals surface area contributed by atoms with Crippen LogP contribution < -0.4 is 20.2 Å². The van der Waals surface area contributed by atoms with E-state index in [4.69, 9.17) is 4.99 Å². The molecular weight excluding hydrogens is 470 g/mol. The number of nitrogens with zero attached hydrogens (tertiary/aromatic N) is 4. The average Bonchev–Trinajstić information content (AvgIpc) is 3.34. The molecule has 0 aliphatic carbocycles. The van der Waals surface area contributed by atoms with Crippen LogP contribution in [0.25, 0.3) is 6.08 Å². The van der Waals surface area contributed by atoms with Crippen LogP contribution >= 0.6 is 11.3 Å². The van der Waals surface area contributed by atoms with Crippen LogP contribution in [0.4, 0.5) is 5.69 Å². The van der Waals surface area contributed by atoms with Crippen LogP contribution in [0.3, 0.4) is 0 Å². The SMILES string of the molecule is CCn1nc(C)c(/C=c2/sc3n(c2=O)[C@@H](c2ccccc2)C(C(=O)Nc2ccccc2)=C(C)N=3)c1C. The second-order valence-corrected chi connectivity index (χ2v) is 9.72. The third kappa shape index (κ3) is 4.13. The van der Waals surface area contributed by atoms with Crippen LogP contribution in [-0.2, 0) is 11.3 Å². The van der Waals surface area contributed by atoms with Gasteiger partial charge in [-0.25, -0.2) is 4.99 Å². The highest BCUT2D eigenvalue weighted by Gasteiger charge is 2.32. The van der Waals surface area contributed by atoms with Gasteiger partial charge in [0.15, 0.2) is 4.80 Å². The van der Waals surface area contributed by atoms with Crippen LogP contribution in [0.2, 0.25) is 0 Å². The van der Waals surface area contributed by atoms with E-state index in [9.17, 15) is 9.59 Å². The van der Waals surface area contributed by atoms with Crippen LogP contribution in [0.15, 0.2) is 81.7 Å². The number of thiazole rings is 1. The van der Waals surface area contributed by atoms with E-state index in [0.717, 1.165) is 29.1 Å². The van der Waals surface area contributed by atoms with E-state index in [1.807, 2.05) is 99.1 Å². The molecule has 36 heavy (non-hydrogen) atoms. The molecule has 3 heterocycles. The maximum absolute atomic E-state index is 13.8. The number of rotatable bonds is 5. The molecule has 4 aromatic rings. The Kier molecular flexibility index (Phi) is 6.28. The van der Waals surface area contributed by atoms with Crippen molar-refractivity contribution in [1.29, 1.82) is 0 Å². The number of hydrogen-bond acceptors (Lipinski definition) is 5. The van der Waals surface area contributed by atoms with Crippen molar-refractivity contribution >= 4 is 29.0 Å². The Hall–Kier alpha value is -4.04. The summed E-state index contributed by atoms with van der Waals surface area (Å²) < 4.78 is 4.14. The normalized spacial score (nSPS) is 15.6. The van der Waals surface area contributed by atoms with Crippen molar-refractivity contribution in [2.24, 2.45) is 4.99 Å². The monoisotopic (exact) mass is 497 g/mol. The largest absolute Gasteiger partial charge is 0.322 e. The fourth-order valence-electron chi connectivity index (χ4n) is 4.64. The molecule has 2 aromatic carbocycles. The van der Waals surface area contributed by atoms with E-state index in [-0.39, 0.29) is 11.5 Å². The summed E-state index contributed by atoms with van der Waals surface area (Å²) >= 11 is 1.34. The summed E-state index contributed by atoms with van der Waals surface area (Å²) in [6.07, 6.45) is 1.90. The summed E-state index contributed by atoms with van der Waals surface area (Å²) in [5.74, 6) is -0.276. The first-order valence-corrected chi connectivity index (χ1v) is 12.7. The lowest BCUT2D eigenvalue weighted by molar-refractivity contribution is -0.113. The van der Waals surface area contributed by atoms with E-state index < -0.39 is 6.04 Å². The van der Waals surface area contributed by atoms with Crippen molar-refractivity contribution in [2.45, 2.75) is 40.3 Å². The van der Waals surface area contributed by atoms with Gasteiger partial charge in [-0.2, -0.15) is 5.10 Å². The van der Waals surface area contributed by atoms with Gasteiger partial charge in [-0.15, -0.1) is 0 Å². The lowest BCUT2D eigenvalue weighted by Gasteiger charge is -2.25. The minimum Gasteiger partial charge on any atom is -0.322 e. The maximum Gasteiger partial charge on any atom is 0.271 e. The van der Waals surface area contributed by atoms with Crippen molar-refractivity contribution in [3.05, 3.63) is 114 Å². The highest BCUT2D eigenvalue weighted by molar-refractivity contribution is 7.07. The summed E-state index contributed by atoms with van der Waals surface area (Å²) in [6, 6.07) is 18.3. The topological polar surface area (TPSA) is 81.3 Å². The molecule has 0 fully saturated rings. The summed E-state index contributed by atoms with van der Waals surface area (Å²) in [5, 5.41) is 7.56. The first-order valence-electron chi connectivity index (χ1n) is 11.9. The number of para-hydroxylation sites is 1. The van der Waals surface area contributed by atoms with Gasteiger partial charge < -0.3 is 5.32 Å². The molecule has 182 valence electrons. The van der Waals surface area contributed by atoms with Gasteiger partial charge in [-0.1, -0.05) is 59.9 Å². The molecule has 1 atom stereocenters. The Balaban J connectivity index is 1.68. The molecule has 1 aliphatic rings. The van der Waals surface area contributed by atoms with Gasteiger partial charge in [-0.05, 0) is 51.5 Å². The fourth-order valence-corrected chi connectivity index (χ4v) is 5.67. The number of carbonyl (C=O) groups is 1. The Morgan fingerprint density at radius 2 is 1.72 bits per heavy atom. The van der Waals surface area contributed by atoms with Crippen molar-refractivity contribution in [3.8, 4) is 0 Å². The second-order valence-electron chi connectivity index (χ2n) is 8.71. The molecule has 0 saturated carbocycles. The molecular formula is C28H27N5O2S. The summed E-state index contributed by atoms with van der Waals surface area (Å²) in [7, 11) is 0. The van der Waals surface area contributed by atoms with Gasteiger partial charge >= 0.3 is 0 Å². The van der Waals surface area contributed by atoms with Crippen molar-refractivity contribution in [3.63, 3.8) is 0 Å². The summed E-state index contributed by atoms with van der Waals surface area (Å²) in [6.45, 7) is 8.59. The maximum atomic E-state index is 13.8. The standard InChI is InChI=1S/C28H27N5O2S/c1-5-32-19(4)22(17(2)31-32)16-23-27(35)33-25(20-12-8-6-9-13-20)24(18(3)29-28(33)36-23)26(34)30-21-14-10-7-11-15-21/h6-16,25H,5H2,1-4H3,(H,30,34)/b23-16+/t25-/m0/s1. The van der Waals surface area contributed by atoms with Crippen molar-refractivity contribution in [2.75, 3.05) is 5.32 Å². The zero-order valence-corrected chi connectivity index (χ0v) is 21.5. The Bertz CT molecular complexity index is 1660. The quantitative estimate of drug-likeness (QED) is 0.457. The minimum absolute atomic E-state index is 0.173. The van der Waals surface area contributed by atoms with E-state index in [1.165, 1.54) is 11.3 Å². The lowest BCUT2D eigenvalue weighted by Crippen LogP contribution is -2.40. The van der Waals surface area contributed by atoms with Gasteiger partial charge in [0.05, 0.1) is 27.5 Å². The van der Waals surface area contributed by atoms with E-state index in [1.54, 1.807) is 4.57 Å². The van der Waals surface area contributed by atoms with E-state index in [2.05, 4.69) is 10.4 Å². The smallest absolute Gasteiger partial charge is 0.271 e. The highest BCUT2D eigenvalue weighted by atomic mass is 32.1. The van der Waals surface area contributed by atoms with Gasteiger partial charge in [0.25, 0.3) is 11.5 Å². The fraction of sp³-hybridized carbons (Fsp3) is 0.214. The van der Waals surface area contributed by atoms with Crippen LogP contribution in [0.5, 0.6) is 0 Å². The molecule has 0 unspecified atom stereocenters. The number of anilines is 1. The Morgan fingerprint density at radius 1 is 1.06 bits per heavy atom. The molecule has 0 spiro atoms. The lowest BCUT2D eigenvalue weighted by atomic mass is 9.95. The van der Waals surface area contributed by atoms with Crippen LogP contribution in [0, 0.1) is 13.8 Å². The third-order valence-corrected chi connectivity index (χ3v) is 7.41. The van der Waals surface area contributed by atoms with Crippen LogP contribution in [0.1, 0.15) is 42.4 Å². The molecule has 5 rings (SSSR count). The Morgan fingerprint density at radius 3 is 2.36 bits per heavy atom. The van der Waals surface area contributed by atoms with E-state index in [0.29, 0.717) is 26.3 Å². The molecule has 7 nitrogen and oxygen atoms in total. The van der Waals surface area contributed by atoms with Gasteiger partial charge in [0.1, 0.15) is 0 Å². The number of carbonyl (C=O) groups excluding carboxylic acids is 1. The first-order chi connectivity index (χ1) is 17.4. The van der Waals surface area contributed by atoms with Gasteiger partial charge in [0, 0.05) is 23.5 Å². The number of hydrogen-bond donors (Lipinski definition) is 1. The molecule has 1 amide bonds. The highest BCUT2D eigenvalue weighted by Crippen LogP contribution is 2.30. The number of benzene rings is 2. The van der Waals surface area contributed by atoms with Gasteiger partial charge in [0.2, 0.25) is 0 Å². The average molecular weight is 498 g/mol. The number of fused-ring (bicyclic) bond motifs is 1. The second kappa shape index (κ2) is 9.54. The summed E-state index contributed by atoms with van der Waals surface area (Å²) in [5.41, 5.74) is 5.24. The number of amides is 1. The number of aromatic nitrogens is 3. The summed E-state index contributed by atoms with van der Waals surface area (Å²) in [4.78, 5) is 32.7. The van der Waals surface area contributed by atoms with Gasteiger partial charge in [-0.3, -0.25) is 18.8 Å². The molecule has 1 aliphatic heterocycles. The molecule has 0 bridgehead atoms.